The standard InChI is InChI=1S/C24H42N6O2/c1-7-25-22(27-15-11-19(2)29(6)23(31)32-24(3,4)5)28-20-12-16-30(17-13-20)18-21-10-8-9-14-26-21/h8-10,14,19-20H,7,11-13,15-18H2,1-6H3,(H2,25,27,28). The average Bonchev–Trinajstić information content (AvgIpc) is 2.74. The molecule has 1 aliphatic heterocycles. The normalized spacial score (nSPS) is 17.0. The summed E-state index contributed by atoms with van der Waals surface area (Å²) in [5.74, 6) is 0.850. The number of likely N-dealkylation sites (tertiary alicyclic amines) is 1. The Labute approximate surface area is 193 Å². The van der Waals surface area contributed by atoms with Gasteiger partial charge in [0.2, 0.25) is 0 Å². The van der Waals surface area contributed by atoms with Crippen molar-refractivity contribution in [2.45, 2.75) is 78.1 Å². The molecule has 1 aromatic rings. The summed E-state index contributed by atoms with van der Waals surface area (Å²) in [6.45, 7) is 14.2. The quantitative estimate of drug-likeness (QED) is 0.471. The first-order valence-corrected chi connectivity index (χ1v) is 11.8. The number of carbonyl (C=O) groups excluding carboxylic acids is 1. The van der Waals surface area contributed by atoms with E-state index >= 15 is 0 Å². The Morgan fingerprint density at radius 1 is 1.34 bits per heavy atom. The fraction of sp³-hybridized carbons (Fsp3) is 0.708. The van der Waals surface area contributed by atoms with Gasteiger partial charge in [0.25, 0.3) is 0 Å². The molecule has 1 amide bonds. The van der Waals surface area contributed by atoms with Gasteiger partial charge in [-0.3, -0.25) is 14.9 Å². The van der Waals surface area contributed by atoms with Gasteiger partial charge in [-0.05, 0) is 66.0 Å². The van der Waals surface area contributed by atoms with Crippen LogP contribution in [0.1, 0.15) is 59.6 Å². The number of rotatable bonds is 8. The SMILES string of the molecule is CCNC(=NCCC(C)N(C)C(=O)OC(C)(C)C)NC1CCN(Cc2ccccn2)CC1. The highest BCUT2D eigenvalue weighted by atomic mass is 16.6. The zero-order valence-electron chi connectivity index (χ0n) is 20.7. The summed E-state index contributed by atoms with van der Waals surface area (Å²) in [4.78, 5) is 25.5. The Hall–Kier alpha value is -2.35. The summed E-state index contributed by atoms with van der Waals surface area (Å²) in [7, 11) is 1.78. The predicted molar refractivity (Wildman–Crippen MR) is 130 cm³/mol. The van der Waals surface area contributed by atoms with E-state index < -0.39 is 5.60 Å². The van der Waals surface area contributed by atoms with Crippen LogP contribution < -0.4 is 10.6 Å². The van der Waals surface area contributed by atoms with E-state index in [0.29, 0.717) is 12.6 Å². The monoisotopic (exact) mass is 446 g/mol. The summed E-state index contributed by atoms with van der Waals surface area (Å²) in [5.41, 5.74) is 0.637. The van der Waals surface area contributed by atoms with Crippen LogP contribution in [0, 0.1) is 0 Å². The van der Waals surface area contributed by atoms with E-state index in [9.17, 15) is 4.79 Å². The van der Waals surface area contributed by atoms with Gasteiger partial charge in [-0.15, -0.1) is 0 Å². The fourth-order valence-electron chi connectivity index (χ4n) is 3.54. The number of carbonyl (C=O) groups is 1. The molecular formula is C24H42N6O2. The summed E-state index contributed by atoms with van der Waals surface area (Å²) in [5, 5.41) is 6.94. The number of guanidine groups is 1. The number of nitrogens with one attached hydrogen (secondary N) is 2. The maximum Gasteiger partial charge on any atom is 0.410 e. The number of nitrogens with zero attached hydrogens (tertiary/aromatic N) is 4. The van der Waals surface area contributed by atoms with Gasteiger partial charge in [0.15, 0.2) is 5.96 Å². The van der Waals surface area contributed by atoms with Crippen LogP contribution in [0.2, 0.25) is 0 Å². The summed E-state index contributed by atoms with van der Waals surface area (Å²) in [6.07, 6.45) is 4.49. The minimum atomic E-state index is -0.488. The van der Waals surface area contributed by atoms with Crippen molar-refractivity contribution in [1.82, 2.24) is 25.4 Å². The van der Waals surface area contributed by atoms with Crippen molar-refractivity contribution in [3.8, 4) is 0 Å². The number of amides is 1. The summed E-state index contributed by atoms with van der Waals surface area (Å²) in [6, 6.07) is 6.54. The second-order valence-corrected chi connectivity index (χ2v) is 9.51. The maximum atomic E-state index is 12.2. The average molecular weight is 447 g/mol. The Bertz CT molecular complexity index is 711. The largest absolute Gasteiger partial charge is 0.444 e. The minimum absolute atomic E-state index is 0.0475. The van der Waals surface area contributed by atoms with Crippen molar-refractivity contribution in [1.29, 1.82) is 0 Å². The first-order chi connectivity index (χ1) is 15.2. The number of hydrogen-bond acceptors (Lipinski definition) is 5. The lowest BCUT2D eigenvalue weighted by Crippen LogP contribution is -2.48. The Morgan fingerprint density at radius 3 is 2.66 bits per heavy atom. The molecule has 0 aliphatic carbocycles. The molecule has 1 unspecified atom stereocenters. The zero-order chi connectivity index (χ0) is 23.6. The van der Waals surface area contributed by atoms with E-state index in [0.717, 1.165) is 57.1 Å². The molecule has 2 N–H and O–H groups in total. The number of hydrogen-bond donors (Lipinski definition) is 2. The highest BCUT2D eigenvalue weighted by Gasteiger charge is 2.23. The van der Waals surface area contributed by atoms with Gasteiger partial charge >= 0.3 is 6.09 Å². The first kappa shape index (κ1) is 25.9. The fourth-order valence-corrected chi connectivity index (χ4v) is 3.54. The third-order valence-electron chi connectivity index (χ3n) is 5.54. The Morgan fingerprint density at radius 2 is 2.06 bits per heavy atom. The molecule has 8 heteroatoms. The van der Waals surface area contributed by atoms with Crippen LogP contribution in [-0.4, -0.2) is 77.7 Å². The van der Waals surface area contributed by atoms with Gasteiger partial charge in [0.1, 0.15) is 5.60 Å². The molecule has 1 atom stereocenters. The molecule has 2 rings (SSSR count). The van der Waals surface area contributed by atoms with E-state index in [4.69, 9.17) is 9.73 Å². The number of ether oxygens (including phenoxy) is 1. The Kier molecular flexibility index (Phi) is 10.2. The Balaban J connectivity index is 1.77. The van der Waals surface area contributed by atoms with Gasteiger partial charge in [-0.25, -0.2) is 4.79 Å². The molecule has 1 aromatic heterocycles. The lowest BCUT2D eigenvalue weighted by atomic mass is 10.0. The van der Waals surface area contributed by atoms with Crippen LogP contribution in [0.15, 0.2) is 29.4 Å². The van der Waals surface area contributed by atoms with E-state index in [2.05, 4.69) is 33.5 Å². The molecule has 0 aromatic carbocycles. The molecule has 1 saturated heterocycles. The molecule has 0 spiro atoms. The van der Waals surface area contributed by atoms with E-state index in [-0.39, 0.29) is 12.1 Å². The third-order valence-corrected chi connectivity index (χ3v) is 5.54. The summed E-state index contributed by atoms with van der Waals surface area (Å²) >= 11 is 0. The van der Waals surface area contributed by atoms with Crippen molar-refractivity contribution in [3.05, 3.63) is 30.1 Å². The lowest BCUT2D eigenvalue weighted by Gasteiger charge is -2.33. The number of pyridine rings is 1. The molecular weight excluding hydrogens is 404 g/mol. The van der Waals surface area contributed by atoms with Crippen molar-refractivity contribution in [2.75, 3.05) is 33.2 Å². The summed E-state index contributed by atoms with van der Waals surface area (Å²) < 4.78 is 5.45. The van der Waals surface area contributed by atoms with E-state index in [1.165, 1.54) is 0 Å². The van der Waals surface area contributed by atoms with Crippen molar-refractivity contribution in [3.63, 3.8) is 0 Å². The minimum Gasteiger partial charge on any atom is -0.444 e. The number of aliphatic imine (C=N–C) groups is 1. The first-order valence-electron chi connectivity index (χ1n) is 11.8. The zero-order valence-corrected chi connectivity index (χ0v) is 20.7. The molecule has 180 valence electrons. The second-order valence-electron chi connectivity index (χ2n) is 9.51. The van der Waals surface area contributed by atoms with Gasteiger partial charge in [-0.1, -0.05) is 6.07 Å². The molecule has 1 aliphatic rings. The van der Waals surface area contributed by atoms with Crippen molar-refractivity contribution < 1.29 is 9.53 Å². The molecule has 32 heavy (non-hydrogen) atoms. The molecule has 8 nitrogen and oxygen atoms in total. The van der Waals surface area contributed by atoms with Crippen LogP contribution in [0.4, 0.5) is 4.79 Å². The predicted octanol–water partition coefficient (Wildman–Crippen LogP) is 3.25. The van der Waals surface area contributed by atoms with Crippen molar-refractivity contribution in [2.24, 2.45) is 4.99 Å². The van der Waals surface area contributed by atoms with Crippen LogP contribution in [0.25, 0.3) is 0 Å². The van der Waals surface area contributed by atoms with Gasteiger partial charge < -0.3 is 20.3 Å². The van der Waals surface area contributed by atoms with Crippen LogP contribution >= 0.6 is 0 Å². The molecule has 0 radical (unpaired) electrons. The van der Waals surface area contributed by atoms with E-state index in [1.807, 2.05) is 46.0 Å². The lowest BCUT2D eigenvalue weighted by molar-refractivity contribution is 0.0231. The second kappa shape index (κ2) is 12.6. The molecule has 1 fully saturated rings. The van der Waals surface area contributed by atoms with Crippen LogP contribution in [-0.2, 0) is 11.3 Å². The number of aromatic nitrogens is 1. The van der Waals surface area contributed by atoms with Crippen LogP contribution in [0.5, 0.6) is 0 Å². The van der Waals surface area contributed by atoms with Gasteiger partial charge in [0.05, 0.1) is 5.69 Å². The van der Waals surface area contributed by atoms with Gasteiger partial charge in [0, 0.05) is 58.1 Å². The van der Waals surface area contributed by atoms with Gasteiger partial charge in [-0.2, -0.15) is 0 Å². The molecule has 0 bridgehead atoms. The van der Waals surface area contributed by atoms with E-state index in [1.54, 1.807) is 11.9 Å². The smallest absolute Gasteiger partial charge is 0.410 e. The molecule has 2 heterocycles. The van der Waals surface area contributed by atoms with Crippen LogP contribution in [0.3, 0.4) is 0 Å². The van der Waals surface area contributed by atoms with Crippen molar-refractivity contribution >= 4 is 12.1 Å². The highest BCUT2D eigenvalue weighted by molar-refractivity contribution is 5.80. The number of piperidine rings is 1. The molecule has 0 saturated carbocycles. The maximum absolute atomic E-state index is 12.2. The highest BCUT2D eigenvalue weighted by Crippen LogP contribution is 2.14. The third kappa shape index (κ3) is 9.42. The topological polar surface area (TPSA) is 82.1 Å².